The number of piperidine rings is 1. The van der Waals surface area contributed by atoms with E-state index in [0.717, 1.165) is 31.4 Å². The molecule has 0 aliphatic carbocycles. The van der Waals surface area contributed by atoms with Crippen LogP contribution < -0.4 is 5.84 Å². The van der Waals surface area contributed by atoms with Crippen LogP contribution in [0.3, 0.4) is 0 Å². The van der Waals surface area contributed by atoms with Crippen molar-refractivity contribution >= 4 is 0 Å². The summed E-state index contributed by atoms with van der Waals surface area (Å²) in [5, 5.41) is 1.78. The molecule has 1 aromatic heterocycles. The van der Waals surface area contributed by atoms with Crippen molar-refractivity contribution < 1.29 is 4.39 Å². The van der Waals surface area contributed by atoms with Gasteiger partial charge in [0.1, 0.15) is 5.82 Å². The maximum atomic E-state index is 12.9. The summed E-state index contributed by atoms with van der Waals surface area (Å²) in [4.78, 5) is 3.84. The second kappa shape index (κ2) is 4.02. The molecule has 4 heteroatoms. The van der Waals surface area contributed by atoms with Crippen molar-refractivity contribution in [2.45, 2.75) is 25.3 Å². The Morgan fingerprint density at radius 1 is 1.43 bits per heavy atom. The Hall–Kier alpha value is -1.00. The first kappa shape index (κ1) is 9.55. The molecule has 1 aromatic rings. The molecule has 0 aromatic carbocycles. The summed E-state index contributed by atoms with van der Waals surface area (Å²) in [6.07, 6.45) is 6.17. The topological polar surface area (TPSA) is 42.1 Å². The summed E-state index contributed by atoms with van der Waals surface area (Å²) >= 11 is 0. The lowest BCUT2D eigenvalue weighted by Crippen LogP contribution is -2.38. The summed E-state index contributed by atoms with van der Waals surface area (Å²) in [5.74, 6) is 5.55. The molecule has 2 rings (SSSR count). The van der Waals surface area contributed by atoms with E-state index in [1.807, 2.05) is 0 Å². The first-order valence-corrected chi connectivity index (χ1v) is 4.89. The van der Waals surface area contributed by atoms with Crippen molar-refractivity contribution in [1.29, 1.82) is 0 Å². The molecule has 1 aliphatic rings. The van der Waals surface area contributed by atoms with Gasteiger partial charge in [-0.1, -0.05) is 6.42 Å². The van der Waals surface area contributed by atoms with Crippen LogP contribution in [0.1, 0.15) is 30.9 Å². The van der Waals surface area contributed by atoms with Gasteiger partial charge in [-0.15, -0.1) is 0 Å². The highest BCUT2D eigenvalue weighted by atomic mass is 19.1. The highest BCUT2D eigenvalue weighted by Crippen LogP contribution is 2.27. The number of nitrogens with zero attached hydrogens (tertiary/aromatic N) is 2. The van der Waals surface area contributed by atoms with Crippen LogP contribution in [0.5, 0.6) is 0 Å². The first-order valence-electron chi connectivity index (χ1n) is 4.89. The minimum Gasteiger partial charge on any atom is -0.268 e. The van der Waals surface area contributed by atoms with Crippen molar-refractivity contribution in [1.82, 2.24) is 9.99 Å². The van der Waals surface area contributed by atoms with Crippen LogP contribution in [-0.2, 0) is 0 Å². The number of hydrogen-bond acceptors (Lipinski definition) is 3. The summed E-state index contributed by atoms with van der Waals surface area (Å²) in [6.45, 7) is 0.876. The quantitative estimate of drug-likeness (QED) is 0.692. The summed E-state index contributed by atoms with van der Waals surface area (Å²) < 4.78 is 12.9. The lowest BCUT2D eigenvalue weighted by atomic mass is 9.98. The third kappa shape index (κ3) is 1.91. The normalized spacial score (nSPS) is 23.7. The highest BCUT2D eigenvalue weighted by Gasteiger charge is 2.21. The van der Waals surface area contributed by atoms with Crippen LogP contribution in [0, 0.1) is 5.82 Å². The minimum absolute atomic E-state index is 0.131. The second-order valence-corrected chi connectivity index (χ2v) is 3.69. The van der Waals surface area contributed by atoms with Crippen molar-refractivity contribution in [2.75, 3.05) is 6.54 Å². The molecule has 1 aliphatic heterocycles. The van der Waals surface area contributed by atoms with Gasteiger partial charge in [-0.2, -0.15) is 0 Å². The molecule has 2 N–H and O–H groups in total. The van der Waals surface area contributed by atoms with E-state index >= 15 is 0 Å². The molecule has 0 radical (unpaired) electrons. The number of rotatable bonds is 1. The van der Waals surface area contributed by atoms with E-state index in [2.05, 4.69) is 4.98 Å². The van der Waals surface area contributed by atoms with Gasteiger partial charge in [0.2, 0.25) is 0 Å². The average molecular weight is 195 g/mol. The van der Waals surface area contributed by atoms with Crippen LogP contribution in [0.4, 0.5) is 4.39 Å². The Balaban J connectivity index is 2.20. The van der Waals surface area contributed by atoms with Crippen molar-refractivity contribution in [3.63, 3.8) is 0 Å². The van der Waals surface area contributed by atoms with Crippen molar-refractivity contribution in [2.24, 2.45) is 5.84 Å². The molecule has 0 unspecified atom stereocenters. The van der Waals surface area contributed by atoms with E-state index in [0.29, 0.717) is 0 Å². The Morgan fingerprint density at radius 3 is 3.00 bits per heavy atom. The van der Waals surface area contributed by atoms with Gasteiger partial charge in [0.15, 0.2) is 0 Å². The number of halogens is 1. The predicted molar refractivity (Wildman–Crippen MR) is 51.7 cm³/mol. The Labute approximate surface area is 82.7 Å². The molecule has 1 saturated heterocycles. The molecular weight excluding hydrogens is 181 g/mol. The molecule has 76 valence electrons. The molecule has 0 bridgehead atoms. The van der Waals surface area contributed by atoms with Crippen LogP contribution >= 0.6 is 0 Å². The van der Waals surface area contributed by atoms with Crippen LogP contribution in [0.2, 0.25) is 0 Å². The Bertz CT molecular complexity index is 316. The zero-order chi connectivity index (χ0) is 9.97. The van der Waals surface area contributed by atoms with Gasteiger partial charge in [-0.05, 0) is 24.5 Å². The molecule has 3 nitrogen and oxygen atoms in total. The summed E-state index contributed by atoms with van der Waals surface area (Å²) in [5.41, 5.74) is 0.882. The molecule has 1 fully saturated rings. The third-order valence-electron chi connectivity index (χ3n) is 2.66. The highest BCUT2D eigenvalue weighted by molar-refractivity contribution is 5.15. The van der Waals surface area contributed by atoms with Gasteiger partial charge in [0, 0.05) is 12.7 Å². The fourth-order valence-electron chi connectivity index (χ4n) is 1.92. The molecule has 0 amide bonds. The monoisotopic (exact) mass is 195 g/mol. The predicted octanol–water partition coefficient (Wildman–Crippen LogP) is 1.62. The lowest BCUT2D eigenvalue weighted by molar-refractivity contribution is 0.151. The van der Waals surface area contributed by atoms with Gasteiger partial charge in [0.05, 0.1) is 12.2 Å². The molecule has 14 heavy (non-hydrogen) atoms. The van der Waals surface area contributed by atoms with E-state index in [-0.39, 0.29) is 11.9 Å². The standard InChI is InChI=1S/C10H14FN3/c11-9-5-8(6-13-7-9)10-3-1-2-4-14(10)12/h5-7,10H,1-4,12H2/t10-/m1/s1. The minimum atomic E-state index is -0.290. The fraction of sp³-hybridized carbons (Fsp3) is 0.500. The number of nitrogens with two attached hydrogens (primary N) is 1. The summed E-state index contributed by atoms with van der Waals surface area (Å²) in [6, 6.07) is 1.65. The van der Waals surface area contributed by atoms with Crippen LogP contribution in [0.25, 0.3) is 0 Å². The SMILES string of the molecule is NN1CCCC[C@@H]1c1cncc(F)c1. The molecule has 1 atom stereocenters. The average Bonchev–Trinajstić information content (AvgIpc) is 2.18. The molecular formula is C10H14FN3. The van der Waals surface area contributed by atoms with E-state index in [1.165, 1.54) is 12.3 Å². The maximum absolute atomic E-state index is 12.9. The van der Waals surface area contributed by atoms with E-state index in [1.54, 1.807) is 11.2 Å². The van der Waals surface area contributed by atoms with Gasteiger partial charge in [-0.25, -0.2) is 9.40 Å². The van der Waals surface area contributed by atoms with Gasteiger partial charge in [0.25, 0.3) is 0 Å². The molecule has 0 saturated carbocycles. The zero-order valence-corrected chi connectivity index (χ0v) is 7.99. The summed E-state index contributed by atoms with van der Waals surface area (Å²) in [7, 11) is 0. The molecule has 2 heterocycles. The van der Waals surface area contributed by atoms with Gasteiger partial charge < -0.3 is 0 Å². The zero-order valence-electron chi connectivity index (χ0n) is 7.99. The smallest absolute Gasteiger partial charge is 0.141 e. The number of hydrazine groups is 1. The number of aromatic nitrogens is 1. The van der Waals surface area contributed by atoms with Gasteiger partial charge in [-0.3, -0.25) is 10.8 Å². The third-order valence-corrected chi connectivity index (χ3v) is 2.66. The largest absolute Gasteiger partial charge is 0.268 e. The fourth-order valence-corrected chi connectivity index (χ4v) is 1.92. The van der Waals surface area contributed by atoms with E-state index in [9.17, 15) is 4.39 Å². The first-order chi connectivity index (χ1) is 6.77. The van der Waals surface area contributed by atoms with Crippen LogP contribution in [0.15, 0.2) is 18.5 Å². The van der Waals surface area contributed by atoms with Crippen molar-refractivity contribution in [3.8, 4) is 0 Å². The van der Waals surface area contributed by atoms with E-state index < -0.39 is 0 Å². The van der Waals surface area contributed by atoms with E-state index in [4.69, 9.17) is 5.84 Å². The van der Waals surface area contributed by atoms with Gasteiger partial charge >= 0.3 is 0 Å². The number of pyridine rings is 1. The van der Waals surface area contributed by atoms with Crippen LogP contribution in [-0.4, -0.2) is 16.5 Å². The maximum Gasteiger partial charge on any atom is 0.141 e. The Kier molecular flexibility index (Phi) is 2.74. The second-order valence-electron chi connectivity index (χ2n) is 3.69. The lowest BCUT2D eigenvalue weighted by Gasteiger charge is -2.31. The number of hydrogen-bond donors (Lipinski definition) is 1. The van der Waals surface area contributed by atoms with Crippen molar-refractivity contribution in [3.05, 3.63) is 29.8 Å². The molecule has 0 spiro atoms. The Morgan fingerprint density at radius 2 is 2.29 bits per heavy atom.